The van der Waals surface area contributed by atoms with Crippen LogP contribution in [-0.2, 0) is 4.74 Å². The van der Waals surface area contributed by atoms with Crippen LogP contribution in [0.2, 0.25) is 0 Å². The lowest BCUT2D eigenvalue weighted by Crippen LogP contribution is -2.10. The molecule has 29 heavy (non-hydrogen) atoms. The van der Waals surface area contributed by atoms with E-state index in [0.29, 0.717) is 18.4 Å². The largest absolute Gasteiger partial charge is 0.408 e. The highest BCUT2D eigenvalue weighted by molar-refractivity contribution is 14.1. The van der Waals surface area contributed by atoms with Gasteiger partial charge in [0, 0.05) is 19.0 Å². The molecule has 0 saturated carbocycles. The Labute approximate surface area is 188 Å². The van der Waals surface area contributed by atoms with Gasteiger partial charge in [-0.15, -0.1) is 0 Å². The van der Waals surface area contributed by atoms with E-state index in [0.717, 1.165) is 39.1 Å². The van der Waals surface area contributed by atoms with E-state index in [9.17, 15) is 0 Å². The number of hydrogen-bond donors (Lipinski definition) is 0. The van der Waals surface area contributed by atoms with Crippen molar-refractivity contribution >= 4 is 34.0 Å². The fraction of sp³-hybridized carbons (Fsp3) is 0.478. The maximum atomic E-state index is 5.56. The SMILES string of the molecule is CC.COCC(C)n1cc(C)c2nc(-c3ccc(C(C)C)nc3OI)c(C)cc21. The normalized spacial score (nSPS) is 12.1. The van der Waals surface area contributed by atoms with E-state index in [-0.39, 0.29) is 6.04 Å². The maximum absolute atomic E-state index is 5.56. The van der Waals surface area contributed by atoms with Crippen molar-refractivity contribution in [3.05, 3.63) is 41.2 Å². The number of fused-ring (bicyclic) bond motifs is 1. The zero-order valence-electron chi connectivity index (χ0n) is 18.7. The zero-order valence-corrected chi connectivity index (χ0v) is 20.9. The Morgan fingerprint density at radius 1 is 1.07 bits per heavy atom. The van der Waals surface area contributed by atoms with Crippen molar-refractivity contribution in [1.82, 2.24) is 14.5 Å². The van der Waals surface area contributed by atoms with Crippen LogP contribution in [0.4, 0.5) is 0 Å². The minimum absolute atomic E-state index is 0.249. The van der Waals surface area contributed by atoms with Crippen LogP contribution in [0.1, 0.15) is 63.4 Å². The smallest absolute Gasteiger partial charge is 0.234 e. The number of rotatable bonds is 6. The van der Waals surface area contributed by atoms with Crippen molar-refractivity contribution in [3.63, 3.8) is 0 Å². The zero-order chi connectivity index (χ0) is 21.7. The molecule has 1 atom stereocenters. The summed E-state index contributed by atoms with van der Waals surface area (Å²) >= 11 is 1.90. The predicted molar refractivity (Wildman–Crippen MR) is 129 cm³/mol. The van der Waals surface area contributed by atoms with Crippen LogP contribution >= 0.6 is 23.0 Å². The quantitative estimate of drug-likeness (QED) is 0.343. The average Bonchev–Trinajstić information content (AvgIpc) is 3.04. The van der Waals surface area contributed by atoms with E-state index in [1.165, 1.54) is 0 Å². The molecule has 0 aliphatic rings. The molecule has 0 bridgehead atoms. The summed E-state index contributed by atoms with van der Waals surface area (Å²) in [4.78, 5) is 9.68. The molecule has 3 aromatic rings. The van der Waals surface area contributed by atoms with Crippen LogP contribution in [0.15, 0.2) is 24.4 Å². The molecule has 6 heteroatoms. The molecule has 0 saturated heterocycles. The van der Waals surface area contributed by atoms with Gasteiger partial charge in [0.15, 0.2) is 23.0 Å². The van der Waals surface area contributed by atoms with Crippen molar-refractivity contribution in [1.29, 1.82) is 0 Å². The van der Waals surface area contributed by atoms with Crippen LogP contribution < -0.4 is 3.07 Å². The van der Waals surface area contributed by atoms with Crippen molar-refractivity contribution in [2.75, 3.05) is 13.7 Å². The summed E-state index contributed by atoms with van der Waals surface area (Å²) in [7, 11) is 1.73. The summed E-state index contributed by atoms with van der Waals surface area (Å²) in [5, 5.41) is 0. The van der Waals surface area contributed by atoms with Crippen LogP contribution in [0, 0.1) is 13.8 Å². The molecule has 3 heterocycles. The van der Waals surface area contributed by atoms with Crippen LogP contribution in [0.25, 0.3) is 22.3 Å². The third-order valence-electron chi connectivity index (χ3n) is 4.86. The first-order chi connectivity index (χ1) is 13.9. The Morgan fingerprint density at radius 3 is 2.34 bits per heavy atom. The Hall–Kier alpha value is -1.67. The summed E-state index contributed by atoms with van der Waals surface area (Å²) in [6.45, 7) is 15.3. The third kappa shape index (κ3) is 4.91. The van der Waals surface area contributed by atoms with Crippen molar-refractivity contribution in [3.8, 4) is 17.1 Å². The van der Waals surface area contributed by atoms with Gasteiger partial charge in [0.05, 0.1) is 34.9 Å². The lowest BCUT2D eigenvalue weighted by atomic mass is 10.0. The highest BCUT2D eigenvalue weighted by Crippen LogP contribution is 2.35. The van der Waals surface area contributed by atoms with Gasteiger partial charge in [-0.05, 0) is 56.0 Å². The van der Waals surface area contributed by atoms with E-state index in [1.54, 1.807) is 7.11 Å². The van der Waals surface area contributed by atoms with E-state index in [1.807, 2.05) is 36.9 Å². The summed E-state index contributed by atoms with van der Waals surface area (Å²) in [6, 6.07) is 6.57. The molecule has 0 fully saturated rings. The number of aromatic nitrogens is 3. The molecular weight excluding hydrogens is 477 g/mol. The van der Waals surface area contributed by atoms with E-state index < -0.39 is 0 Å². The summed E-state index contributed by atoms with van der Waals surface area (Å²) in [5.74, 6) is 0.959. The lowest BCUT2D eigenvalue weighted by molar-refractivity contribution is 0.164. The molecule has 5 nitrogen and oxygen atoms in total. The second-order valence-electron chi connectivity index (χ2n) is 7.37. The molecule has 3 rings (SSSR count). The standard InChI is InChI=1S/C21H26IN3O2.C2H6/c1-12(2)17-8-7-16(21(23-17)27-22)19-13(3)9-18-20(24-19)14(4)10-25(18)15(5)11-26-6;1-2/h7-10,12,15H,11H2,1-6H3;1-2H3. The first-order valence-corrected chi connectivity index (χ1v) is 11.0. The van der Waals surface area contributed by atoms with Gasteiger partial charge < -0.3 is 12.4 Å². The Morgan fingerprint density at radius 2 is 1.76 bits per heavy atom. The fourth-order valence-corrected chi connectivity index (χ4v) is 3.74. The fourth-order valence-electron chi connectivity index (χ4n) is 3.40. The highest BCUT2D eigenvalue weighted by Gasteiger charge is 2.18. The van der Waals surface area contributed by atoms with Crippen molar-refractivity contribution < 1.29 is 7.80 Å². The van der Waals surface area contributed by atoms with Gasteiger partial charge in [-0.2, -0.15) is 0 Å². The first-order valence-electron chi connectivity index (χ1n) is 10.1. The summed E-state index contributed by atoms with van der Waals surface area (Å²) in [6.07, 6.45) is 2.15. The molecule has 0 amide bonds. The second kappa shape index (κ2) is 10.4. The third-order valence-corrected chi connectivity index (χ3v) is 5.28. The Balaban J connectivity index is 0.00000145. The second-order valence-corrected chi connectivity index (χ2v) is 7.81. The number of nitrogens with zero attached hydrogens (tertiary/aromatic N) is 3. The predicted octanol–water partition coefficient (Wildman–Crippen LogP) is 6.80. The highest BCUT2D eigenvalue weighted by atomic mass is 127. The van der Waals surface area contributed by atoms with Gasteiger partial charge in [0.25, 0.3) is 0 Å². The van der Waals surface area contributed by atoms with E-state index in [2.05, 4.69) is 68.6 Å². The number of hydrogen-bond acceptors (Lipinski definition) is 4. The van der Waals surface area contributed by atoms with Gasteiger partial charge >= 0.3 is 0 Å². The molecule has 0 spiro atoms. The van der Waals surface area contributed by atoms with Gasteiger partial charge in [-0.1, -0.05) is 27.7 Å². The molecule has 0 N–H and O–H groups in total. The summed E-state index contributed by atoms with van der Waals surface area (Å²) < 4.78 is 13.1. The number of halogens is 1. The van der Waals surface area contributed by atoms with E-state index in [4.69, 9.17) is 12.8 Å². The molecule has 158 valence electrons. The molecule has 0 aliphatic heterocycles. The number of aryl methyl sites for hydroxylation is 2. The number of ether oxygens (including phenoxy) is 1. The van der Waals surface area contributed by atoms with E-state index >= 15 is 0 Å². The van der Waals surface area contributed by atoms with Gasteiger partial charge in [-0.25, -0.2) is 9.97 Å². The molecule has 0 radical (unpaired) electrons. The lowest BCUT2D eigenvalue weighted by Gasteiger charge is -2.15. The van der Waals surface area contributed by atoms with Gasteiger partial charge in [0.1, 0.15) is 0 Å². The number of pyridine rings is 2. The topological polar surface area (TPSA) is 49.2 Å². The number of methoxy groups -OCH3 is 1. The Kier molecular flexibility index (Phi) is 8.46. The molecule has 3 aromatic heterocycles. The minimum atomic E-state index is 0.249. The monoisotopic (exact) mass is 509 g/mol. The van der Waals surface area contributed by atoms with Gasteiger partial charge in [-0.3, -0.25) is 0 Å². The molecule has 1 unspecified atom stereocenters. The average molecular weight is 509 g/mol. The van der Waals surface area contributed by atoms with Crippen molar-refractivity contribution in [2.45, 2.75) is 60.4 Å². The molecular formula is C23H32IN3O2. The van der Waals surface area contributed by atoms with Gasteiger partial charge in [0.2, 0.25) is 5.88 Å². The van der Waals surface area contributed by atoms with Crippen LogP contribution in [0.3, 0.4) is 0 Å². The molecule has 0 aliphatic carbocycles. The first kappa shape index (κ1) is 23.6. The Bertz CT molecular complexity index is 966. The van der Waals surface area contributed by atoms with Crippen molar-refractivity contribution in [2.24, 2.45) is 0 Å². The molecule has 0 aromatic carbocycles. The summed E-state index contributed by atoms with van der Waals surface area (Å²) in [5.41, 5.74) is 7.23. The van der Waals surface area contributed by atoms with Crippen LogP contribution in [0.5, 0.6) is 5.88 Å². The van der Waals surface area contributed by atoms with Crippen LogP contribution in [-0.4, -0.2) is 28.3 Å². The minimum Gasteiger partial charge on any atom is -0.408 e. The maximum Gasteiger partial charge on any atom is 0.234 e.